The maximum absolute atomic E-state index is 12.7. The number of ether oxygens (including phenoxy) is 2. The molecule has 11 heteroatoms. The lowest BCUT2D eigenvalue weighted by atomic mass is 10.2. The van der Waals surface area contributed by atoms with Gasteiger partial charge in [0.15, 0.2) is 11.5 Å². The number of nitro benzene ring substituents is 1. The molecular weight excluding hydrogens is 442 g/mol. The molecule has 0 saturated carbocycles. The van der Waals surface area contributed by atoms with E-state index in [1.54, 1.807) is 18.2 Å². The molecule has 2 aliphatic rings. The lowest BCUT2D eigenvalue weighted by Gasteiger charge is -2.14. The van der Waals surface area contributed by atoms with Crippen LogP contribution < -0.4 is 14.8 Å². The number of amides is 2. The Labute approximate surface area is 186 Å². The van der Waals surface area contributed by atoms with Crippen LogP contribution >= 0.6 is 24.0 Å². The Kier molecular flexibility index (Phi) is 5.87. The van der Waals surface area contributed by atoms with Gasteiger partial charge in [-0.1, -0.05) is 30.0 Å². The van der Waals surface area contributed by atoms with E-state index in [0.717, 1.165) is 5.56 Å². The smallest absolute Gasteiger partial charge is 0.269 e. The van der Waals surface area contributed by atoms with Gasteiger partial charge in [0.25, 0.3) is 11.6 Å². The summed E-state index contributed by atoms with van der Waals surface area (Å²) >= 11 is 6.47. The summed E-state index contributed by atoms with van der Waals surface area (Å²) in [5.41, 5.74) is 1.15. The average molecular weight is 457 g/mol. The molecule has 4 rings (SSSR count). The molecule has 0 radical (unpaired) electrons. The van der Waals surface area contributed by atoms with E-state index in [1.165, 1.54) is 40.9 Å². The Morgan fingerprint density at radius 1 is 1.23 bits per heavy atom. The van der Waals surface area contributed by atoms with Crippen molar-refractivity contribution < 1.29 is 24.0 Å². The molecule has 0 aromatic heterocycles. The van der Waals surface area contributed by atoms with Gasteiger partial charge in [0.05, 0.1) is 9.83 Å². The fraction of sp³-hybridized carbons (Fsp3) is 0.150. The van der Waals surface area contributed by atoms with Crippen molar-refractivity contribution in [2.24, 2.45) is 0 Å². The van der Waals surface area contributed by atoms with Gasteiger partial charge in [-0.2, -0.15) is 0 Å². The van der Waals surface area contributed by atoms with Crippen LogP contribution in [0.25, 0.3) is 6.08 Å². The quantitative estimate of drug-likeness (QED) is 0.303. The van der Waals surface area contributed by atoms with Crippen LogP contribution in [0.5, 0.6) is 11.5 Å². The van der Waals surface area contributed by atoms with Gasteiger partial charge in [-0.05, 0) is 35.9 Å². The molecule has 0 bridgehead atoms. The summed E-state index contributed by atoms with van der Waals surface area (Å²) < 4.78 is 11.0. The number of nitrogens with zero attached hydrogens (tertiary/aromatic N) is 2. The highest BCUT2D eigenvalue weighted by molar-refractivity contribution is 8.26. The second-order valence-corrected chi connectivity index (χ2v) is 8.22. The van der Waals surface area contributed by atoms with Crippen molar-refractivity contribution in [3.05, 3.63) is 63.0 Å². The summed E-state index contributed by atoms with van der Waals surface area (Å²) in [6.07, 6.45) is 1.75. The monoisotopic (exact) mass is 457 g/mol. The number of hydrogen-bond donors (Lipinski definition) is 1. The first-order valence-corrected chi connectivity index (χ1v) is 10.3. The number of thiocarbonyl (C=S) groups is 1. The molecule has 2 amide bonds. The first-order valence-electron chi connectivity index (χ1n) is 9.10. The second kappa shape index (κ2) is 8.74. The first kappa shape index (κ1) is 20.8. The molecule has 2 aliphatic heterocycles. The third-order valence-corrected chi connectivity index (χ3v) is 5.87. The van der Waals surface area contributed by atoms with Crippen LogP contribution in [-0.2, 0) is 9.59 Å². The first-order chi connectivity index (χ1) is 14.9. The summed E-state index contributed by atoms with van der Waals surface area (Å²) in [6.45, 7) is 0.296. The van der Waals surface area contributed by atoms with Crippen molar-refractivity contribution in [1.29, 1.82) is 0 Å². The zero-order valence-corrected chi connectivity index (χ0v) is 17.5. The van der Waals surface area contributed by atoms with Crippen LogP contribution in [-0.4, -0.2) is 39.3 Å². The minimum Gasteiger partial charge on any atom is -0.454 e. The number of rotatable bonds is 6. The van der Waals surface area contributed by atoms with E-state index in [2.05, 4.69) is 5.32 Å². The van der Waals surface area contributed by atoms with E-state index in [1.807, 2.05) is 6.07 Å². The third-order valence-electron chi connectivity index (χ3n) is 4.49. The van der Waals surface area contributed by atoms with E-state index in [4.69, 9.17) is 21.7 Å². The van der Waals surface area contributed by atoms with Crippen molar-refractivity contribution in [2.75, 3.05) is 18.7 Å². The molecular formula is C20H15N3O6S2. The molecule has 31 heavy (non-hydrogen) atoms. The van der Waals surface area contributed by atoms with Crippen molar-refractivity contribution in [3.63, 3.8) is 0 Å². The largest absolute Gasteiger partial charge is 0.454 e. The predicted molar refractivity (Wildman–Crippen MR) is 119 cm³/mol. The molecule has 9 nitrogen and oxygen atoms in total. The Hall–Kier alpha value is -3.44. The summed E-state index contributed by atoms with van der Waals surface area (Å²) in [5.74, 6) is 0.675. The van der Waals surface area contributed by atoms with Gasteiger partial charge >= 0.3 is 0 Å². The van der Waals surface area contributed by atoms with Crippen molar-refractivity contribution in [1.82, 2.24) is 4.90 Å². The molecule has 2 aromatic carbocycles. The highest BCUT2D eigenvalue weighted by Crippen LogP contribution is 2.36. The molecule has 0 aliphatic carbocycles. The lowest BCUT2D eigenvalue weighted by molar-refractivity contribution is -0.384. The van der Waals surface area contributed by atoms with Gasteiger partial charge in [-0.25, -0.2) is 0 Å². The van der Waals surface area contributed by atoms with Crippen LogP contribution in [0, 0.1) is 10.1 Å². The van der Waals surface area contributed by atoms with Crippen LogP contribution in [0.15, 0.2) is 47.4 Å². The van der Waals surface area contributed by atoms with E-state index in [9.17, 15) is 19.7 Å². The van der Waals surface area contributed by atoms with E-state index in [0.29, 0.717) is 26.4 Å². The third kappa shape index (κ3) is 4.67. The highest BCUT2D eigenvalue weighted by atomic mass is 32.2. The standard InChI is InChI=1S/C20H15N3O6S2/c24-18(21-13-2-4-14(5-3-13)23(26)27)7-8-22-19(25)17(31-20(22)30)10-12-1-6-15-16(9-12)29-11-28-15/h1-6,9-10H,7-8,11H2,(H,21,24)/b17-10+. The van der Waals surface area contributed by atoms with Crippen molar-refractivity contribution >= 4 is 57.6 Å². The number of thioether (sulfide) groups is 1. The predicted octanol–water partition coefficient (Wildman–Crippen LogP) is 3.55. The summed E-state index contributed by atoms with van der Waals surface area (Å²) in [4.78, 5) is 36.9. The molecule has 2 aromatic rings. The number of carbonyl (C=O) groups excluding carboxylic acids is 2. The molecule has 158 valence electrons. The second-order valence-electron chi connectivity index (χ2n) is 6.55. The zero-order chi connectivity index (χ0) is 22.0. The normalized spacial score (nSPS) is 16.1. The number of benzene rings is 2. The minimum absolute atomic E-state index is 0.0285. The van der Waals surface area contributed by atoms with Gasteiger partial charge < -0.3 is 14.8 Å². The fourth-order valence-corrected chi connectivity index (χ4v) is 4.26. The van der Waals surface area contributed by atoms with E-state index < -0.39 is 4.92 Å². The van der Waals surface area contributed by atoms with E-state index >= 15 is 0 Å². The number of non-ortho nitro benzene ring substituents is 1. The molecule has 1 saturated heterocycles. The number of nitrogens with one attached hydrogen (secondary N) is 1. The number of fused-ring (bicyclic) bond motifs is 1. The maximum Gasteiger partial charge on any atom is 0.269 e. The summed E-state index contributed by atoms with van der Waals surface area (Å²) in [5, 5.41) is 13.3. The maximum atomic E-state index is 12.7. The van der Waals surface area contributed by atoms with Gasteiger partial charge in [-0.15, -0.1) is 0 Å². The molecule has 0 unspecified atom stereocenters. The van der Waals surface area contributed by atoms with Crippen molar-refractivity contribution in [2.45, 2.75) is 6.42 Å². The van der Waals surface area contributed by atoms with Gasteiger partial charge in [0.2, 0.25) is 12.7 Å². The Morgan fingerprint density at radius 3 is 2.71 bits per heavy atom. The van der Waals surface area contributed by atoms with Gasteiger partial charge in [-0.3, -0.25) is 24.6 Å². The molecule has 2 heterocycles. The topological polar surface area (TPSA) is 111 Å². The molecule has 0 atom stereocenters. The van der Waals surface area contributed by atoms with E-state index in [-0.39, 0.29) is 37.3 Å². The van der Waals surface area contributed by atoms with Gasteiger partial charge in [0, 0.05) is 30.8 Å². The van der Waals surface area contributed by atoms with Crippen LogP contribution in [0.2, 0.25) is 0 Å². The number of carbonyl (C=O) groups is 2. The number of anilines is 1. The lowest BCUT2D eigenvalue weighted by Crippen LogP contribution is -2.31. The number of nitro groups is 1. The van der Waals surface area contributed by atoms with Gasteiger partial charge in [0.1, 0.15) is 4.32 Å². The van der Waals surface area contributed by atoms with Crippen LogP contribution in [0.3, 0.4) is 0 Å². The summed E-state index contributed by atoms with van der Waals surface area (Å²) in [6, 6.07) is 10.9. The van der Waals surface area contributed by atoms with Crippen molar-refractivity contribution in [3.8, 4) is 11.5 Å². The Bertz CT molecular complexity index is 1120. The SMILES string of the molecule is O=C(CCN1C(=O)/C(=C\c2ccc3c(c2)OCO3)SC1=S)Nc1ccc([N+](=O)[O-])cc1. The Balaban J connectivity index is 1.35. The summed E-state index contributed by atoms with van der Waals surface area (Å²) in [7, 11) is 0. The molecule has 1 fully saturated rings. The van der Waals surface area contributed by atoms with Crippen LogP contribution in [0.4, 0.5) is 11.4 Å². The van der Waals surface area contributed by atoms with Crippen LogP contribution in [0.1, 0.15) is 12.0 Å². The molecule has 1 N–H and O–H groups in total. The highest BCUT2D eigenvalue weighted by Gasteiger charge is 2.32. The Morgan fingerprint density at radius 2 is 1.97 bits per heavy atom. The average Bonchev–Trinajstić information content (AvgIpc) is 3.31. The zero-order valence-electron chi connectivity index (χ0n) is 15.9. The molecule has 0 spiro atoms. The fourth-order valence-electron chi connectivity index (χ4n) is 2.95. The number of hydrogen-bond acceptors (Lipinski definition) is 8. The minimum atomic E-state index is -0.516.